The van der Waals surface area contributed by atoms with Crippen molar-refractivity contribution < 1.29 is 4.74 Å². The summed E-state index contributed by atoms with van der Waals surface area (Å²) in [6.45, 7) is 6.38. The van der Waals surface area contributed by atoms with Gasteiger partial charge in [0.15, 0.2) is 0 Å². The Balaban J connectivity index is 3.92. The van der Waals surface area contributed by atoms with Crippen LogP contribution in [0.4, 0.5) is 0 Å². The van der Waals surface area contributed by atoms with Crippen LogP contribution in [0.1, 0.15) is 181 Å². The molecule has 0 unspecified atom stereocenters. The molecule has 0 aromatic heterocycles. The smallest absolute Gasteiger partial charge is 0.0901 e. The summed E-state index contributed by atoms with van der Waals surface area (Å²) in [4.78, 5) is 2.17. The number of likely N-dealkylation sites (N-methyl/N-ethyl adjacent to an activating group) is 1. The topological polar surface area (TPSA) is 12.5 Å². The first kappa shape index (κ1) is 43.5. The lowest BCUT2D eigenvalue weighted by atomic mass is 9.94. The lowest BCUT2D eigenvalue weighted by molar-refractivity contribution is 0.175. The van der Waals surface area contributed by atoms with Gasteiger partial charge in [0.1, 0.15) is 0 Å². The molecular weight excluding hydrogens is 546 g/mol. The van der Waals surface area contributed by atoms with Gasteiger partial charge in [-0.25, -0.2) is 0 Å². The number of hydrogen-bond donors (Lipinski definition) is 0. The standard InChI is InChI=1S/C43H79NO/c1-5-7-9-11-13-15-17-19-21-23-25-27-29-31-33-35-38-43(42-45-41-37-40-44(3)4)39-36-34-32-30-28-26-24-22-20-18-16-14-12-10-8-6-2/h13-16,19-22,37,41,43H,5-12,17-18,23-36,38-40,42H2,1-4H3/b15-13-,16-14-,21-19-,22-20-,41-37+. The molecule has 0 aliphatic carbocycles. The Bertz CT molecular complexity index is 653. The maximum atomic E-state index is 5.98. The second-order valence-electron chi connectivity index (χ2n) is 13.6. The van der Waals surface area contributed by atoms with Gasteiger partial charge >= 0.3 is 0 Å². The number of allylic oxidation sites excluding steroid dienone is 8. The van der Waals surface area contributed by atoms with E-state index < -0.39 is 0 Å². The second kappa shape index (κ2) is 38.6. The van der Waals surface area contributed by atoms with Crippen LogP contribution >= 0.6 is 0 Å². The fourth-order valence-electron chi connectivity index (χ4n) is 5.67. The van der Waals surface area contributed by atoms with Crippen molar-refractivity contribution in [1.29, 1.82) is 0 Å². The first-order valence-electron chi connectivity index (χ1n) is 19.7. The average Bonchev–Trinajstić information content (AvgIpc) is 3.03. The third-order valence-corrected chi connectivity index (χ3v) is 8.62. The highest BCUT2D eigenvalue weighted by atomic mass is 16.5. The van der Waals surface area contributed by atoms with Crippen LogP contribution in [0.15, 0.2) is 60.9 Å². The summed E-state index contributed by atoms with van der Waals surface area (Å²) < 4.78 is 5.98. The molecule has 0 aliphatic rings. The molecule has 262 valence electrons. The minimum atomic E-state index is 0.714. The normalized spacial score (nSPS) is 12.7. The molecule has 0 saturated carbocycles. The molecule has 0 N–H and O–H groups in total. The van der Waals surface area contributed by atoms with Gasteiger partial charge in [-0.15, -0.1) is 0 Å². The summed E-state index contributed by atoms with van der Waals surface area (Å²) in [5.74, 6) is 0.714. The second-order valence-corrected chi connectivity index (χ2v) is 13.6. The molecule has 0 fully saturated rings. The van der Waals surface area contributed by atoms with Crippen LogP contribution in [-0.2, 0) is 4.74 Å². The van der Waals surface area contributed by atoms with Crippen LogP contribution < -0.4 is 0 Å². The van der Waals surface area contributed by atoms with Gasteiger partial charge in [-0.05, 0) is 103 Å². The summed E-state index contributed by atoms with van der Waals surface area (Å²) in [6.07, 6.45) is 57.4. The first-order chi connectivity index (χ1) is 22.2. The lowest BCUT2D eigenvalue weighted by Crippen LogP contribution is -2.11. The number of unbranched alkanes of at least 4 members (excludes halogenated alkanes) is 18. The molecule has 0 amide bonds. The molecule has 0 aromatic carbocycles. The summed E-state index contributed by atoms with van der Waals surface area (Å²) in [7, 11) is 4.20. The van der Waals surface area contributed by atoms with Crippen molar-refractivity contribution in [3.63, 3.8) is 0 Å². The van der Waals surface area contributed by atoms with E-state index in [4.69, 9.17) is 4.74 Å². The summed E-state index contributed by atoms with van der Waals surface area (Å²) in [5.41, 5.74) is 0. The van der Waals surface area contributed by atoms with Crippen LogP contribution in [-0.4, -0.2) is 32.1 Å². The molecule has 45 heavy (non-hydrogen) atoms. The van der Waals surface area contributed by atoms with Crippen molar-refractivity contribution in [2.45, 2.75) is 181 Å². The molecule has 2 heteroatoms. The number of ether oxygens (including phenoxy) is 1. The van der Waals surface area contributed by atoms with E-state index in [2.05, 4.69) is 87.5 Å². The molecule has 0 rings (SSSR count). The van der Waals surface area contributed by atoms with Crippen molar-refractivity contribution in [2.24, 2.45) is 5.92 Å². The number of hydrogen-bond acceptors (Lipinski definition) is 2. The zero-order valence-electron chi connectivity index (χ0n) is 31.0. The van der Waals surface area contributed by atoms with Crippen molar-refractivity contribution in [3.05, 3.63) is 60.9 Å². The molecule has 0 radical (unpaired) electrons. The van der Waals surface area contributed by atoms with E-state index in [-0.39, 0.29) is 0 Å². The zero-order valence-corrected chi connectivity index (χ0v) is 31.0. The minimum absolute atomic E-state index is 0.714. The third kappa shape index (κ3) is 38.6. The predicted molar refractivity (Wildman–Crippen MR) is 205 cm³/mol. The Morgan fingerprint density at radius 1 is 0.444 bits per heavy atom. The highest BCUT2D eigenvalue weighted by molar-refractivity contribution is 4.93. The minimum Gasteiger partial charge on any atom is -0.501 e. The molecule has 0 saturated heterocycles. The maximum Gasteiger partial charge on any atom is 0.0901 e. The maximum absolute atomic E-state index is 5.98. The largest absolute Gasteiger partial charge is 0.501 e. The Morgan fingerprint density at radius 2 is 0.822 bits per heavy atom. The molecule has 0 aliphatic heterocycles. The summed E-state index contributed by atoms with van der Waals surface area (Å²) in [5, 5.41) is 0. The van der Waals surface area contributed by atoms with Crippen LogP contribution in [0.3, 0.4) is 0 Å². The molecule has 0 spiro atoms. The van der Waals surface area contributed by atoms with Crippen molar-refractivity contribution in [1.82, 2.24) is 4.90 Å². The predicted octanol–water partition coefficient (Wildman–Crippen LogP) is 14.1. The number of nitrogens with zero attached hydrogens (tertiary/aromatic N) is 1. The van der Waals surface area contributed by atoms with Gasteiger partial charge in [0.05, 0.1) is 12.9 Å². The fraction of sp³-hybridized carbons (Fsp3) is 0.767. The highest BCUT2D eigenvalue weighted by Crippen LogP contribution is 2.20. The lowest BCUT2D eigenvalue weighted by Gasteiger charge is -2.16. The van der Waals surface area contributed by atoms with Gasteiger partial charge in [0, 0.05) is 6.54 Å². The van der Waals surface area contributed by atoms with Crippen LogP contribution in [0.25, 0.3) is 0 Å². The summed E-state index contributed by atoms with van der Waals surface area (Å²) in [6, 6.07) is 0. The molecule has 2 nitrogen and oxygen atoms in total. The van der Waals surface area contributed by atoms with Gasteiger partial charge in [0.25, 0.3) is 0 Å². The molecule has 0 atom stereocenters. The van der Waals surface area contributed by atoms with Crippen LogP contribution in [0, 0.1) is 5.92 Å². The SMILES string of the molecule is CCCCC/C=C\C/C=C\CCCCCCCCC(CCCCCCCC/C=C\C/C=C\CCCCC)CO/C=C/CN(C)C. The van der Waals surface area contributed by atoms with Crippen molar-refractivity contribution in [3.8, 4) is 0 Å². The van der Waals surface area contributed by atoms with E-state index in [1.165, 1.54) is 154 Å². The van der Waals surface area contributed by atoms with E-state index >= 15 is 0 Å². The third-order valence-electron chi connectivity index (χ3n) is 8.62. The number of rotatable bonds is 35. The molecular formula is C43H79NO. The van der Waals surface area contributed by atoms with E-state index in [1.807, 2.05) is 6.26 Å². The van der Waals surface area contributed by atoms with E-state index in [1.54, 1.807) is 0 Å². The van der Waals surface area contributed by atoms with Gasteiger partial charge in [-0.2, -0.15) is 0 Å². The van der Waals surface area contributed by atoms with Gasteiger partial charge in [-0.3, -0.25) is 0 Å². The Kier molecular flexibility index (Phi) is 37.3. The molecule has 0 heterocycles. The van der Waals surface area contributed by atoms with Crippen LogP contribution in [0.5, 0.6) is 0 Å². The van der Waals surface area contributed by atoms with Gasteiger partial charge in [-0.1, -0.05) is 152 Å². The van der Waals surface area contributed by atoms with E-state index in [0.717, 1.165) is 26.0 Å². The Labute approximate surface area is 283 Å². The van der Waals surface area contributed by atoms with E-state index in [0.29, 0.717) is 5.92 Å². The van der Waals surface area contributed by atoms with Crippen LogP contribution in [0.2, 0.25) is 0 Å². The van der Waals surface area contributed by atoms with Gasteiger partial charge < -0.3 is 9.64 Å². The van der Waals surface area contributed by atoms with E-state index in [9.17, 15) is 0 Å². The van der Waals surface area contributed by atoms with Crippen molar-refractivity contribution in [2.75, 3.05) is 27.2 Å². The highest BCUT2D eigenvalue weighted by Gasteiger charge is 2.09. The average molecular weight is 626 g/mol. The van der Waals surface area contributed by atoms with Crippen molar-refractivity contribution >= 4 is 0 Å². The molecule has 0 aromatic rings. The fourth-order valence-corrected chi connectivity index (χ4v) is 5.67. The monoisotopic (exact) mass is 626 g/mol. The summed E-state index contributed by atoms with van der Waals surface area (Å²) >= 11 is 0. The quantitative estimate of drug-likeness (QED) is 0.0395. The first-order valence-corrected chi connectivity index (χ1v) is 19.7. The molecule has 0 bridgehead atoms. The zero-order chi connectivity index (χ0) is 32.7. The van der Waals surface area contributed by atoms with Gasteiger partial charge in [0.2, 0.25) is 0 Å². The Morgan fingerprint density at radius 3 is 1.22 bits per heavy atom. The Hall–Kier alpha value is -1.54.